The third-order valence-corrected chi connectivity index (χ3v) is 3.21. The molecule has 1 amide bonds. The molecule has 0 saturated carbocycles. The van der Waals surface area contributed by atoms with Crippen LogP contribution in [-0.2, 0) is 4.79 Å². The Bertz CT molecular complexity index is 630. The molecule has 0 saturated heterocycles. The predicted molar refractivity (Wildman–Crippen MR) is 68.2 cm³/mol. The fraction of sp³-hybridized carbons (Fsp3) is 0.231. The van der Waals surface area contributed by atoms with Crippen LogP contribution < -0.4 is 5.43 Å². The molecule has 0 radical (unpaired) electrons. The van der Waals surface area contributed by atoms with Crippen LogP contribution in [0.4, 0.5) is 0 Å². The second-order valence-corrected chi connectivity index (χ2v) is 4.36. The molecule has 1 unspecified atom stereocenters. The number of carbonyl (C=O) groups excluding carboxylic acids is 1. The van der Waals surface area contributed by atoms with Gasteiger partial charge in [-0.05, 0) is 6.07 Å². The van der Waals surface area contributed by atoms with Crippen molar-refractivity contribution in [3.63, 3.8) is 0 Å². The Kier molecular flexibility index (Phi) is 2.60. The van der Waals surface area contributed by atoms with Gasteiger partial charge in [-0.25, -0.2) is 5.43 Å². The van der Waals surface area contributed by atoms with E-state index in [0.717, 1.165) is 22.2 Å². The zero-order valence-corrected chi connectivity index (χ0v) is 9.68. The van der Waals surface area contributed by atoms with E-state index >= 15 is 0 Å². The second-order valence-electron chi connectivity index (χ2n) is 4.36. The number of para-hydroxylation sites is 1. The van der Waals surface area contributed by atoms with E-state index in [1.54, 1.807) is 0 Å². The molecule has 0 aliphatic carbocycles. The predicted octanol–water partition coefficient (Wildman–Crippen LogP) is 1.00. The first-order valence-corrected chi connectivity index (χ1v) is 5.83. The second kappa shape index (κ2) is 4.27. The van der Waals surface area contributed by atoms with E-state index < -0.39 is 0 Å². The minimum absolute atomic E-state index is 0.0776. The van der Waals surface area contributed by atoms with Gasteiger partial charge in [0.2, 0.25) is 5.91 Å². The Hall–Kier alpha value is -2.14. The van der Waals surface area contributed by atoms with Crippen LogP contribution in [-0.4, -0.2) is 28.3 Å². The molecular weight excluding hydrogens is 230 g/mol. The van der Waals surface area contributed by atoms with Gasteiger partial charge in [0.15, 0.2) is 0 Å². The van der Waals surface area contributed by atoms with Crippen LogP contribution in [0.1, 0.15) is 12.0 Å². The van der Waals surface area contributed by atoms with Gasteiger partial charge in [0.05, 0.1) is 12.3 Å². The van der Waals surface area contributed by atoms with Crippen molar-refractivity contribution in [2.24, 2.45) is 11.0 Å². The van der Waals surface area contributed by atoms with Crippen molar-refractivity contribution in [1.82, 2.24) is 10.4 Å². The maximum absolute atomic E-state index is 11.3. The number of H-pyrrole nitrogens is 1. The van der Waals surface area contributed by atoms with Crippen LogP contribution in [0.5, 0.6) is 0 Å². The summed E-state index contributed by atoms with van der Waals surface area (Å²) in [4.78, 5) is 14.4. The van der Waals surface area contributed by atoms with Gasteiger partial charge in [-0.1, -0.05) is 18.2 Å². The normalized spacial score (nSPS) is 19.7. The highest BCUT2D eigenvalue weighted by atomic mass is 16.3. The number of aromatic nitrogens is 1. The van der Waals surface area contributed by atoms with Crippen molar-refractivity contribution in [2.45, 2.75) is 6.42 Å². The molecule has 1 aromatic carbocycles. The Morgan fingerprint density at radius 1 is 1.39 bits per heavy atom. The smallest absolute Gasteiger partial charge is 0.240 e. The van der Waals surface area contributed by atoms with E-state index in [9.17, 15) is 9.90 Å². The summed E-state index contributed by atoms with van der Waals surface area (Å²) in [5.74, 6) is -0.393. The maximum atomic E-state index is 11.3. The molecule has 0 bridgehead atoms. The van der Waals surface area contributed by atoms with Crippen molar-refractivity contribution in [2.75, 3.05) is 6.61 Å². The average molecular weight is 243 g/mol. The van der Waals surface area contributed by atoms with E-state index in [4.69, 9.17) is 0 Å². The molecule has 3 rings (SSSR count). The summed E-state index contributed by atoms with van der Waals surface area (Å²) in [6.45, 7) is -0.0776. The molecule has 5 heteroatoms. The first-order valence-electron chi connectivity index (χ1n) is 5.83. The number of carbonyl (C=O) groups is 1. The molecular formula is C13H13N3O2. The number of fused-ring (bicyclic) bond motifs is 1. The first-order chi connectivity index (χ1) is 8.79. The molecule has 1 aromatic heterocycles. The molecule has 1 atom stereocenters. The van der Waals surface area contributed by atoms with E-state index in [2.05, 4.69) is 15.5 Å². The van der Waals surface area contributed by atoms with Gasteiger partial charge >= 0.3 is 0 Å². The average Bonchev–Trinajstić information content (AvgIpc) is 2.82. The molecule has 2 heterocycles. The molecule has 18 heavy (non-hydrogen) atoms. The van der Waals surface area contributed by atoms with E-state index in [0.29, 0.717) is 0 Å². The highest BCUT2D eigenvalue weighted by molar-refractivity contribution is 6.13. The molecule has 1 aliphatic heterocycles. The molecule has 0 spiro atoms. The van der Waals surface area contributed by atoms with Crippen LogP contribution in [0.2, 0.25) is 0 Å². The van der Waals surface area contributed by atoms with Crippen molar-refractivity contribution in [3.05, 3.63) is 36.0 Å². The van der Waals surface area contributed by atoms with Crippen molar-refractivity contribution in [3.8, 4) is 0 Å². The largest absolute Gasteiger partial charge is 0.396 e. The van der Waals surface area contributed by atoms with Gasteiger partial charge < -0.3 is 10.1 Å². The first kappa shape index (κ1) is 11.0. The van der Waals surface area contributed by atoms with Gasteiger partial charge in [0.25, 0.3) is 0 Å². The van der Waals surface area contributed by atoms with Gasteiger partial charge in [-0.15, -0.1) is 0 Å². The Morgan fingerprint density at radius 3 is 3.06 bits per heavy atom. The summed E-state index contributed by atoms with van der Waals surface area (Å²) in [6, 6.07) is 7.88. The van der Waals surface area contributed by atoms with Crippen LogP contribution in [0.3, 0.4) is 0 Å². The van der Waals surface area contributed by atoms with Crippen LogP contribution >= 0.6 is 0 Å². The van der Waals surface area contributed by atoms with Gasteiger partial charge in [-0.3, -0.25) is 4.79 Å². The number of aromatic amines is 1. The lowest BCUT2D eigenvalue weighted by atomic mass is 9.93. The molecule has 3 N–H and O–H groups in total. The van der Waals surface area contributed by atoms with Gasteiger partial charge in [0.1, 0.15) is 0 Å². The third-order valence-electron chi connectivity index (χ3n) is 3.21. The molecule has 5 nitrogen and oxygen atoms in total. The molecule has 2 aromatic rings. The minimum Gasteiger partial charge on any atom is -0.396 e. The number of hydrogen-bond donors (Lipinski definition) is 3. The molecule has 0 fully saturated rings. The summed E-state index contributed by atoms with van der Waals surface area (Å²) >= 11 is 0. The highest BCUT2D eigenvalue weighted by Crippen LogP contribution is 2.23. The van der Waals surface area contributed by atoms with Crippen LogP contribution in [0, 0.1) is 5.92 Å². The van der Waals surface area contributed by atoms with Gasteiger partial charge in [-0.2, -0.15) is 5.10 Å². The zero-order chi connectivity index (χ0) is 12.5. The number of hydrogen-bond acceptors (Lipinski definition) is 3. The fourth-order valence-corrected chi connectivity index (χ4v) is 2.29. The maximum Gasteiger partial charge on any atom is 0.240 e. The zero-order valence-electron chi connectivity index (χ0n) is 9.68. The number of benzene rings is 1. The van der Waals surface area contributed by atoms with Crippen LogP contribution in [0.25, 0.3) is 10.9 Å². The highest BCUT2D eigenvalue weighted by Gasteiger charge is 2.26. The topological polar surface area (TPSA) is 77.5 Å². The Balaban J connectivity index is 2.11. The summed E-state index contributed by atoms with van der Waals surface area (Å²) in [7, 11) is 0. The quantitative estimate of drug-likeness (QED) is 0.735. The fourth-order valence-electron chi connectivity index (χ4n) is 2.29. The van der Waals surface area contributed by atoms with E-state index in [1.165, 1.54) is 0 Å². The lowest BCUT2D eigenvalue weighted by Crippen LogP contribution is -2.35. The van der Waals surface area contributed by atoms with E-state index in [-0.39, 0.29) is 24.9 Å². The number of aliphatic hydroxyl groups is 1. The molecule has 92 valence electrons. The van der Waals surface area contributed by atoms with Crippen LogP contribution in [0.15, 0.2) is 35.6 Å². The number of nitrogens with zero attached hydrogens (tertiary/aromatic N) is 1. The van der Waals surface area contributed by atoms with Gasteiger partial charge in [0, 0.05) is 35.0 Å². The number of amides is 1. The summed E-state index contributed by atoms with van der Waals surface area (Å²) < 4.78 is 0. The summed E-state index contributed by atoms with van der Waals surface area (Å²) in [5.41, 5.74) is 5.16. The van der Waals surface area contributed by atoms with E-state index in [1.807, 2.05) is 30.5 Å². The number of nitrogens with one attached hydrogen (secondary N) is 2. The summed E-state index contributed by atoms with van der Waals surface area (Å²) in [5, 5.41) is 14.5. The number of hydrazone groups is 1. The lowest BCUT2D eigenvalue weighted by Gasteiger charge is -2.20. The summed E-state index contributed by atoms with van der Waals surface area (Å²) in [6.07, 6.45) is 2.14. The Labute approximate surface area is 104 Å². The molecule has 1 aliphatic rings. The standard InChI is InChI=1S/C13H13N3O2/c17-7-8-5-12(18)15-16-13(8)10-6-14-11-4-2-1-3-9(10)11/h1-4,6,8,14,17H,5,7H2,(H,15,18). The minimum atomic E-state index is -0.238. The monoisotopic (exact) mass is 243 g/mol. The number of rotatable bonds is 2. The number of aliphatic hydroxyl groups excluding tert-OH is 1. The Morgan fingerprint density at radius 2 is 2.22 bits per heavy atom. The third kappa shape index (κ3) is 1.69. The van der Waals surface area contributed by atoms with Crippen molar-refractivity contribution in [1.29, 1.82) is 0 Å². The SMILES string of the molecule is O=C1CC(CO)C(c2c[nH]c3ccccc23)=NN1. The van der Waals surface area contributed by atoms with Crippen molar-refractivity contribution >= 4 is 22.5 Å². The lowest BCUT2D eigenvalue weighted by molar-refractivity contribution is -0.122. The van der Waals surface area contributed by atoms with Crippen molar-refractivity contribution < 1.29 is 9.90 Å².